The van der Waals surface area contributed by atoms with E-state index in [1.54, 1.807) is 6.92 Å². The molecule has 0 aromatic heterocycles. The number of aliphatic carboxylic acids is 1. The maximum Gasteiger partial charge on any atom is 0.310 e. The van der Waals surface area contributed by atoms with Crippen LogP contribution in [0.5, 0.6) is 0 Å². The smallest absolute Gasteiger partial charge is 0.310 e. The van der Waals surface area contributed by atoms with Crippen molar-refractivity contribution in [1.29, 1.82) is 0 Å². The molecule has 0 saturated carbocycles. The van der Waals surface area contributed by atoms with Crippen molar-refractivity contribution < 1.29 is 9.90 Å². The van der Waals surface area contributed by atoms with Gasteiger partial charge in [-0.25, -0.2) is 0 Å². The quantitative estimate of drug-likeness (QED) is 0.754. The van der Waals surface area contributed by atoms with E-state index >= 15 is 0 Å². The first-order chi connectivity index (χ1) is 10.2. The van der Waals surface area contributed by atoms with Crippen molar-refractivity contribution in [2.75, 3.05) is 13.1 Å². The number of carboxylic acids is 1. The number of carboxylic acid groups (broad SMARTS) is 1. The molecule has 21 heavy (non-hydrogen) atoms. The zero-order chi connectivity index (χ0) is 15.1. The van der Waals surface area contributed by atoms with Crippen LogP contribution in [0, 0.1) is 5.92 Å². The van der Waals surface area contributed by atoms with Gasteiger partial charge in [0.15, 0.2) is 0 Å². The molecule has 116 valence electrons. The van der Waals surface area contributed by atoms with Crippen LogP contribution in [0.3, 0.4) is 0 Å². The van der Waals surface area contributed by atoms with E-state index in [0.29, 0.717) is 0 Å². The third-order valence-electron chi connectivity index (χ3n) is 4.66. The summed E-state index contributed by atoms with van der Waals surface area (Å²) in [5.74, 6) is -0.262. The highest BCUT2D eigenvalue weighted by Gasteiger charge is 2.17. The van der Waals surface area contributed by atoms with E-state index in [1.807, 2.05) is 18.2 Å². The minimum Gasteiger partial charge on any atom is -0.481 e. The lowest BCUT2D eigenvalue weighted by Gasteiger charge is -2.22. The number of hydrogen-bond acceptors (Lipinski definition) is 2. The number of rotatable bonds is 7. The van der Waals surface area contributed by atoms with Gasteiger partial charge in [0.1, 0.15) is 0 Å². The number of piperidine rings is 1. The van der Waals surface area contributed by atoms with Crippen molar-refractivity contribution in [3.8, 4) is 0 Å². The van der Waals surface area contributed by atoms with Crippen LogP contribution in [0.4, 0.5) is 0 Å². The summed E-state index contributed by atoms with van der Waals surface area (Å²) in [5, 5.41) is 12.6. The molecule has 1 saturated heterocycles. The maximum atomic E-state index is 11.2. The zero-order valence-electron chi connectivity index (χ0n) is 13.0. The Morgan fingerprint density at radius 3 is 2.71 bits per heavy atom. The Balaban J connectivity index is 1.81. The molecule has 0 aliphatic carbocycles. The summed E-state index contributed by atoms with van der Waals surface area (Å²) in [6.45, 7) is 4.11. The number of unbranched alkanes of at least 4 members (excludes halogenated alkanes) is 1. The van der Waals surface area contributed by atoms with E-state index in [9.17, 15) is 9.90 Å². The van der Waals surface area contributed by atoms with Crippen LogP contribution in [0.15, 0.2) is 24.3 Å². The molecule has 1 aromatic rings. The summed E-state index contributed by atoms with van der Waals surface area (Å²) in [4.78, 5) is 11.2. The fraction of sp³-hybridized carbons (Fsp3) is 0.611. The SMILES string of the molecule is CC(C(=O)O)c1ccccc1CCCCC1CCNCC1. The van der Waals surface area contributed by atoms with Gasteiger partial charge in [-0.3, -0.25) is 4.79 Å². The number of hydrogen-bond donors (Lipinski definition) is 2. The minimum atomic E-state index is -0.739. The molecule has 1 aromatic carbocycles. The lowest BCUT2D eigenvalue weighted by atomic mass is 9.90. The monoisotopic (exact) mass is 289 g/mol. The van der Waals surface area contributed by atoms with Gasteiger partial charge >= 0.3 is 5.97 Å². The molecule has 1 unspecified atom stereocenters. The van der Waals surface area contributed by atoms with Crippen LogP contribution in [0.2, 0.25) is 0 Å². The molecule has 1 aliphatic rings. The summed E-state index contributed by atoms with van der Waals surface area (Å²) < 4.78 is 0. The molecule has 1 atom stereocenters. The molecule has 3 heteroatoms. The molecule has 1 aliphatic heterocycles. The first-order valence-corrected chi connectivity index (χ1v) is 8.20. The average molecular weight is 289 g/mol. The number of carbonyl (C=O) groups is 1. The van der Waals surface area contributed by atoms with Gasteiger partial charge in [-0.05, 0) is 62.7 Å². The van der Waals surface area contributed by atoms with E-state index in [1.165, 1.54) is 44.3 Å². The van der Waals surface area contributed by atoms with E-state index in [4.69, 9.17) is 0 Å². The van der Waals surface area contributed by atoms with Crippen molar-refractivity contribution in [3.63, 3.8) is 0 Å². The Morgan fingerprint density at radius 2 is 2.00 bits per heavy atom. The van der Waals surface area contributed by atoms with Gasteiger partial charge in [0.05, 0.1) is 5.92 Å². The first-order valence-electron chi connectivity index (χ1n) is 8.20. The van der Waals surface area contributed by atoms with Crippen LogP contribution in [0.25, 0.3) is 0 Å². The van der Waals surface area contributed by atoms with Gasteiger partial charge < -0.3 is 10.4 Å². The van der Waals surface area contributed by atoms with Crippen molar-refractivity contribution in [3.05, 3.63) is 35.4 Å². The fourth-order valence-corrected chi connectivity index (χ4v) is 3.24. The molecular formula is C18H27NO2. The second kappa shape index (κ2) is 8.18. The third kappa shape index (κ3) is 4.85. The topological polar surface area (TPSA) is 49.3 Å². The molecule has 1 fully saturated rings. The van der Waals surface area contributed by atoms with Crippen LogP contribution in [-0.4, -0.2) is 24.2 Å². The van der Waals surface area contributed by atoms with Gasteiger partial charge in [0.2, 0.25) is 0 Å². The van der Waals surface area contributed by atoms with Crippen LogP contribution < -0.4 is 5.32 Å². The summed E-state index contributed by atoms with van der Waals surface area (Å²) in [6, 6.07) is 7.99. The molecule has 0 amide bonds. The summed E-state index contributed by atoms with van der Waals surface area (Å²) in [6.07, 6.45) is 7.35. The number of nitrogens with one attached hydrogen (secondary N) is 1. The highest BCUT2D eigenvalue weighted by molar-refractivity contribution is 5.76. The molecule has 1 heterocycles. The standard InChI is InChI=1S/C18H27NO2/c1-14(18(20)21)17-9-5-4-8-16(17)7-3-2-6-15-10-12-19-13-11-15/h4-5,8-9,14-15,19H,2-3,6-7,10-13H2,1H3,(H,20,21). The normalized spacial score (nSPS) is 17.6. The zero-order valence-corrected chi connectivity index (χ0v) is 13.0. The number of aryl methyl sites for hydroxylation is 1. The average Bonchev–Trinajstić information content (AvgIpc) is 2.52. The summed E-state index contributed by atoms with van der Waals surface area (Å²) in [5.41, 5.74) is 2.18. The highest BCUT2D eigenvalue weighted by Crippen LogP contribution is 2.23. The summed E-state index contributed by atoms with van der Waals surface area (Å²) >= 11 is 0. The van der Waals surface area contributed by atoms with E-state index in [0.717, 1.165) is 24.3 Å². The Morgan fingerprint density at radius 1 is 1.29 bits per heavy atom. The fourth-order valence-electron chi connectivity index (χ4n) is 3.24. The van der Waals surface area contributed by atoms with E-state index in [-0.39, 0.29) is 0 Å². The lowest BCUT2D eigenvalue weighted by Crippen LogP contribution is -2.27. The van der Waals surface area contributed by atoms with Gasteiger partial charge in [0, 0.05) is 0 Å². The molecule has 0 bridgehead atoms. The Hall–Kier alpha value is -1.35. The molecule has 0 spiro atoms. The van der Waals surface area contributed by atoms with Crippen molar-refractivity contribution in [2.24, 2.45) is 5.92 Å². The molecule has 3 nitrogen and oxygen atoms in total. The maximum absolute atomic E-state index is 11.2. The predicted octanol–water partition coefficient (Wildman–Crippen LogP) is 3.59. The Kier molecular flexibility index (Phi) is 6.24. The minimum absolute atomic E-state index is 0.411. The second-order valence-corrected chi connectivity index (χ2v) is 6.20. The largest absolute Gasteiger partial charge is 0.481 e. The molecular weight excluding hydrogens is 262 g/mol. The first kappa shape index (κ1) is 16.0. The van der Waals surface area contributed by atoms with Gasteiger partial charge in [-0.1, -0.05) is 37.1 Å². The predicted molar refractivity (Wildman–Crippen MR) is 85.6 cm³/mol. The lowest BCUT2D eigenvalue weighted by molar-refractivity contribution is -0.138. The third-order valence-corrected chi connectivity index (χ3v) is 4.66. The number of benzene rings is 1. The van der Waals surface area contributed by atoms with Gasteiger partial charge in [-0.2, -0.15) is 0 Å². The van der Waals surface area contributed by atoms with Crippen molar-refractivity contribution >= 4 is 5.97 Å². The van der Waals surface area contributed by atoms with E-state index in [2.05, 4.69) is 11.4 Å². The van der Waals surface area contributed by atoms with Crippen molar-refractivity contribution in [1.82, 2.24) is 5.32 Å². The van der Waals surface area contributed by atoms with Crippen molar-refractivity contribution in [2.45, 2.75) is 51.4 Å². The van der Waals surface area contributed by atoms with Gasteiger partial charge in [0.25, 0.3) is 0 Å². The van der Waals surface area contributed by atoms with Gasteiger partial charge in [-0.15, -0.1) is 0 Å². The van der Waals surface area contributed by atoms with Crippen LogP contribution in [0.1, 0.15) is 56.1 Å². The molecule has 2 N–H and O–H groups in total. The summed E-state index contributed by atoms with van der Waals surface area (Å²) in [7, 11) is 0. The Bertz CT molecular complexity index is 452. The highest BCUT2D eigenvalue weighted by atomic mass is 16.4. The second-order valence-electron chi connectivity index (χ2n) is 6.20. The van der Waals surface area contributed by atoms with Crippen LogP contribution in [-0.2, 0) is 11.2 Å². The van der Waals surface area contributed by atoms with Crippen LogP contribution >= 0.6 is 0 Å². The Labute approximate surface area is 127 Å². The molecule has 0 radical (unpaired) electrons. The van der Waals surface area contributed by atoms with E-state index < -0.39 is 11.9 Å². The molecule has 2 rings (SSSR count).